The maximum atomic E-state index is 5.26. The summed E-state index contributed by atoms with van der Waals surface area (Å²) in [5, 5.41) is 4.61. The molecule has 0 radical (unpaired) electrons. The predicted octanol–water partition coefficient (Wildman–Crippen LogP) is 10.1. The molecular weight excluding hydrogens is 510 g/mol. The Kier molecular flexibility index (Phi) is 6.36. The number of nitrogens with zero attached hydrogens (tertiary/aromatic N) is 3. The van der Waals surface area contributed by atoms with Crippen LogP contribution in [-0.4, -0.2) is 15.0 Å². The minimum absolute atomic E-state index is 0.687. The van der Waals surface area contributed by atoms with Crippen LogP contribution in [0.1, 0.15) is 22.3 Å². The van der Waals surface area contributed by atoms with Crippen LogP contribution >= 0.6 is 0 Å². The van der Waals surface area contributed by atoms with E-state index in [9.17, 15) is 0 Å². The van der Waals surface area contributed by atoms with Crippen molar-refractivity contribution in [3.8, 4) is 45.3 Å². The van der Waals surface area contributed by atoms with E-state index in [0.29, 0.717) is 17.5 Å². The van der Waals surface area contributed by atoms with Gasteiger partial charge >= 0.3 is 0 Å². The molecule has 3 heteroatoms. The first-order valence-corrected chi connectivity index (χ1v) is 14.4. The molecule has 7 aromatic rings. The van der Waals surface area contributed by atoms with E-state index < -0.39 is 0 Å². The quantitative estimate of drug-likeness (QED) is 0.208. The molecule has 0 aliphatic heterocycles. The van der Waals surface area contributed by atoms with Crippen LogP contribution in [0.25, 0.3) is 66.8 Å². The van der Waals surface area contributed by atoms with Crippen LogP contribution in [0.15, 0.2) is 115 Å². The van der Waals surface area contributed by atoms with E-state index in [0.717, 1.165) is 49.7 Å². The van der Waals surface area contributed by atoms with Gasteiger partial charge in [-0.05, 0) is 82.6 Å². The first-order valence-electron chi connectivity index (χ1n) is 14.4. The minimum Gasteiger partial charge on any atom is -0.208 e. The van der Waals surface area contributed by atoms with Gasteiger partial charge < -0.3 is 0 Å². The van der Waals surface area contributed by atoms with Gasteiger partial charge in [-0.25, -0.2) is 15.0 Å². The van der Waals surface area contributed by atoms with Gasteiger partial charge in [-0.2, -0.15) is 0 Å². The van der Waals surface area contributed by atoms with E-state index in [-0.39, 0.29) is 0 Å². The number of aryl methyl sites for hydroxylation is 4. The minimum atomic E-state index is 0.687. The molecule has 0 bridgehead atoms. The van der Waals surface area contributed by atoms with Gasteiger partial charge in [0.1, 0.15) is 0 Å². The second kappa shape index (κ2) is 10.4. The zero-order valence-electron chi connectivity index (χ0n) is 24.3. The molecule has 0 unspecified atom stereocenters. The highest BCUT2D eigenvalue weighted by molar-refractivity contribution is 6.20. The van der Waals surface area contributed by atoms with E-state index in [1.165, 1.54) is 21.9 Å². The fourth-order valence-electron chi connectivity index (χ4n) is 6.33. The summed E-state index contributed by atoms with van der Waals surface area (Å²) in [5.41, 5.74) is 10.2. The molecule has 0 atom stereocenters. The summed E-state index contributed by atoms with van der Waals surface area (Å²) in [6, 6.07) is 40.6. The molecule has 0 fully saturated rings. The zero-order valence-corrected chi connectivity index (χ0v) is 24.3. The molecular formula is C39H31N3. The highest BCUT2D eigenvalue weighted by Gasteiger charge is 2.22. The molecule has 0 amide bonds. The summed E-state index contributed by atoms with van der Waals surface area (Å²) in [6.45, 7) is 8.52. The number of rotatable bonds is 4. The lowest BCUT2D eigenvalue weighted by Crippen LogP contribution is -2.04. The van der Waals surface area contributed by atoms with Gasteiger partial charge in [0.2, 0.25) is 0 Å². The third-order valence-corrected chi connectivity index (χ3v) is 8.26. The number of aromatic nitrogens is 3. The third kappa shape index (κ3) is 4.26. The Balaban J connectivity index is 1.63. The molecule has 0 N–H and O–H groups in total. The number of hydrogen-bond donors (Lipinski definition) is 0. The van der Waals surface area contributed by atoms with E-state index in [2.05, 4.69) is 143 Å². The fraction of sp³-hybridized carbons (Fsp3) is 0.103. The molecule has 0 saturated carbocycles. The number of benzene rings is 6. The Hall–Kier alpha value is -5.15. The zero-order chi connectivity index (χ0) is 28.8. The first kappa shape index (κ1) is 25.8. The average Bonchev–Trinajstić information content (AvgIpc) is 3.00. The molecule has 42 heavy (non-hydrogen) atoms. The Labute approximate surface area is 246 Å². The molecule has 0 saturated heterocycles. The van der Waals surface area contributed by atoms with Crippen LogP contribution in [0, 0.1) is 27.7 Å². The van der Waals surface area contributed by atoms with E-state index in [4.69, 9.17) is 15.0 Å². The summed E-state index contributed by atoms with van der Waals surface area (Å²) in [7, 11) is 0. The van der Waals surface area contributed by atoms with Crippen LogP contribution in [0.2, 0.25) is 0 Å². The lowest BCUT2D eigenvalue weighted by molar-refractivity contribution is 1.06. The van der Waals surface area contributed by atoms with Crippen LogP contribution in [0.4, 0.5) is 0 Å². The topological polar surface area (TPSA) is 38.7 Å². The standard InChI is InChI=1S/C39H31N3/c1-24-14-12-15-25(2)33(24)37-40-38(34-26(3)16-13-17-27(34)4)42-39(41-37)36-31-22-10-8-20-29(31)35(28-18-6-5-7-19-28)30-21-9-11-23-32(30)36/h5-23H,1-4H3. The molecule has 0 aliphatic carbocycles. The Morgan fingerprint density at radius 3 is 1.05 bits per heavy atom. The number of hydrogen-bond acceptors (Lipinski definition) is 3. The average molecular weight is 542 g/mol. The maximum Gasteiger partial charge on any atom is 0.165 e. The largest absolute Gasteiger partial charge is 0.208 e. The molecule has 7 rings (SSSR count). The van der Waals surface area contributed by atoms with Crippen molar-refractivity contribution in [3.05, 3.63) is 138 Å². The molecule has 0 spiro atoms. The van der Waals surface area contributed by atoms with Gasteiger partial charge in [0.25, 0.3) is 0 Å². The second-order valence-electron chi connectivity index (χ2n) is 11.0. The van der Waals surface area contributed by atoms with Gasteiger partial charge in [0.05, 0.1) is 0 Å². The van der Waals surface area contributed by atoms with E-state index in [1.807, 2.05) is 0 Å². The Morgan fingerprint density at radius 2 is 0.643 bits per heavy atom. The van der Waals surface area contributed by atoms with Crippen LogP contribution in [0.5, 0.6) is 0 Å². The van der Waals surface area contributed by atoms with Gasteiger partial charge in [0.15, 0.2) is 17.5 Å². The summed E-state index contributed by atoms with van der Waals surface area (Å²) in [5.74, 6) is 2.09. The second-order valence-corrected chi connectivity index (χ2v) is 11.0. The predicted molar refractivity (Wildman–Crippen MR) is 176 cm³/mol. The Bertz CT molecular complexity index is 1960. The SMILES string of the molecule is Cc1cccc(C)c1-c1nc(-c2c(C)cccc2C)nc(-c2c3ccccc3c(-c3ccccc3)c3ccccc23)n1. The van der Waals surface area contributed by atoms with Crippen LogP contribution in [-0.2, 0) is 0 Å². The van der Waals surface area contributed by atoms with E-state index in [1.54, 1.807) is 0 Å². The molecule has 1 heterocycles. The van der Waals surface area contributed by atoms with E-state index >= 15 is 0 Å². The van der Waals surface area contributed by atoms with Gasteiger partial charge in [-0.3, -0.25) is 0 Å². The van der Waals surface area contributed by atoms with Crippen molar-refractivity contribution in [3.63, 3.8) is 0 Å². The normalized spacial score (nSPS) is 11.3. The number of fused-ring (bicyclic) bond motifs is 2. The van der Waals surface area contributed by atoms with Crippen molar-refractivity contribution < 1.29 is 0 Å². The van der Waals surface area contributed by atoms with Crippen molar-refractivity contribution >= 4 is 21.5 Å². The van der Waals surface area contributed by atoms with Gasteiger partial charge in [0, 0.05) is 16.7 Å². The summed E-state index contributed by atoms with van der Waals surface area (Å²) in [6.07, 6.45) is 0. The highest BCUT2D eigenvalue weighted by Crippen LogP contribution is 2.43. The van der Waals surface area contributed by atoms with Crippen LogP contribution < -0.4 is 0 Å². The molecule has 3 nitrogen and oxygen atoms in total. The van der Waals surface area contributed by atoms with Crippen molar-refractivity contribution in [2.24, 2.45) is 0 Å². The first-order chi connectivity index (χ1) is 20.5. The smallest absolute Gasteiger partial charge is 0.165 e. The molecule has 202 valence electrons. The monoisotopic (exact) mass is 541 g/mol. The maximum absolute atomic E-state index is 5.26. The molecule has 1 aromatic heterocycles. The lowest BCUT2D eigenvalue weighted by atomic mass is 9.88. The fourth-order valence-corrected chi connectivity index (χ4v) is 6.33. The highest BCUT2D eigenvalue weighted by atomic mass is 15.0. The van der Waals surface area contributed by atoms with Gasteiger partial charge in [-0.1, -0.05) is 115 Å². The molecule has 6 aromatic carbocycles. The van der Waals surface area contributed by atoms with Crippen LogP contribution in [0.3, 0.4) is 0 Å². The third-order valence-electron chi connectivity index (χ3n) is 8.26. The van der Waals surface area contributed by atoms with Crippen molar-refractivity contribution in [1.82, 2.24) is 15.0 Å². The Morgan fingerprint density at radius 1 is 0.310 bits per heavy atom. The van der Waals surface area contributed by atoms with Gasteiger partial charge in [-0.15, -0.1) is 0 Å². The van der Waals surface area contributed by atoms with Crippen molar-refractivity contribution in [2.45, 2.75) is 27.7 Å². The summed E-state index contributed by atoms with van der Waals surface area (Å²) in [4.78, 5) is 15.7. The van der Waals surface area contributed by atoms with Crippen molar-refractivity contribution in [2.75, 3.05) is 0 Å². The summed E-state index contributed by atoms with van der Waals surface area (Å²) >= 11 is 0. The molecule has 0 aliphatic rings. The summed E-state index contributed by atoms with van der Waals surface area (Å²) < 4.78 is 0. The lowest BCUT2D eigenvalue weighted by Gasteiger charge is -2.18. The van der Waals surface area contributed by atoms with Crippen molar-refractivity contribution in [1.29, 1.82) is 0 Å².